The van der Waals surface area contributed by atoms with Gasteiger partial charge in [0.25, 0.3) is 0 Å². The fourth-order valence-corrected chi connectivity index (χ4v) is 3.11. The summed E-state index contributed by atoms with van der Waals surface area (Å²) in [6.45, 7) is 2.20. The molecular formula is C26H26FN3O4. The van der Waals surface area contributed by atoms with Crippen LogP contribution in [0.1, 0.15) is 36.1 Å². The number of alkyl carbamates (subject to hydrolysis) is 1. The minimum absolute atomic E-state index is 0.00692. The first-order valence-corrected chi connectivity index (χ1v) is 10.8. The van der Waals surface area contributed by atoms with Crippen molar-refractivity contribution in [2.45, 2.75) is 26.0 Å². The van der Waals surface area contributed by atoms with Gasteiger partial charge in [-0.15, -0.1) is 0 Å². The van der Waals surface area contributed by atoms with E-state index < -0.39 is 12.1 Å². The van der Waals surface area contributed by atoms with Crippen LogP contribution in [0.15, 0.2) is 84.0 Å². The zero-order valence-electron chi connectivity index (χ0n) is 18.7. The third-order valence-electron chi connectivity index (χ3n) is 4.74. The van der Waals surface area contributed by atoms with E-state index in [1.54, 1.807) is 43.3 Å². The molecule has 0 bridgehead atoms. The van der Waals surface area contributed by atoms with Crippen LogP contribution in [0, 0.1) is 5.82 Å². The molecule has 0 aliphatic carbocycles. The van der Waals surface area contributed by atoms with Gasteiger partial charge in [0.15, 0.2) is 0 Å². The molecule has 0 heterocycles. The van der Waals surface area contributed by atoms with E-state index in [0.29, 0.717) is 5.75 Å². The molecule has 3 rings (SSSR count). The fraction of sp³-hybridized carbons (Fsp3) is 0.192. The molecule has 34 heavy (non-hydrogen) atoms. The van der Waals surface area contributed by atoms with Gasteiger partial charge in [-0.3, -0.25) is 4.79 Å². The molecule has 0 aromatic heterocycles. The van der Waals surface area contributed by atoms with Crippen molar-refractivity contribution in [3.63, 3.8) is 0 Å². The summed E-state index contributed by atoms with van der Waals surface area (Å²) in [4.78, 5) is 24.2. The molecule has 3 aromatic carbocycles. The van der Waals surface area contributed by atoms with Crippen molar-refractivity contribution < 1.29 is 23.5 Å². The van der Waals surface area contributed by atoms with Crippen LogP contribution in [-0.4, -0.2) is 24.8 Å². The summed E-state index contributed by atoms with van der Waals surface area (Å²) < 4.78 is 23.8. The standard InChI is InChI=1S/C26H26FN3O4/c1-2-33-26(32)29-24(21-8-4-3-5-9-21)16-25(31)30-28-17-19-11-13-23(14-12-19)34-18-20-7-6-10-22(27)15-20/h3-15,17,24H,2,16,18H2,1H3,(H,29,32)(H,30,31)/b28-17-/t24-/m1/s1. The maximum Gasteiger partial charge on any atom is 0.407 e. The number of benzene rings is 3. The third kappa shape index (κ3) is 8.05. The number of ether oxygens (including phenoxy) is 2. The lowest BCUT2D eigenvalue weighted by Crippen LogP contribution is -2.33. The molecule has 176 valence electrons. The Morgan fingerprint density at radius 1 is 1.03 bits per heavy atom. The number of hydrogen-bond donors (Lipinski definition) is 2. The van der Waals surface area contributed by atoms with Crippen molar-refractivity contribution in [1.29, 1.82) is 0 Å². The summed E-state index contributed by atoms with van der Waals surface area (Å²) in [5.41, 5.74) is 4.74. The summed E-state index contributed by atoms with van der Waals surface area (Å²) >= 11 is 0. The minimum atomic E-state index is -0.590. The van der Waals surface area contributed by atoms with E-state index in [0.717, 1.165) is 16.7 Å². The molecule has 0 unspecified atom stereocenters. The second-order valence-electron chi connectivity index (χ2n) is 7.31. The summed E-state index contributed by atoms with van der Waals surface area (Å²) in [6, 6.07) is 21.9. The molecule has 8 heteroatoms. The number of carbonyl (C=O) groups excluding carboxylic acids is 2. The van der Waals surface area contributed by atoms with Gasteiger partial charge in [0.2, 0.25) is 5.91 Å². The van der Waals surface area contributed by atoms with Gasteiger partial charge in [-0.1, -0.05) is 42.5 Å². The monoisotopic (exact) mass is 463 g/mol. The molecule has 2 amide bonds. The van der Waals surface area contributed by atoms with Crippen molar-refractivity contribution in [1.82, 2.24) is 10.7 Å². The molecule has 7 nitrogen and oxygen atoms in total. The van der Waals surface area contributed by atoms with Gasteiger partial charge in [0, 0.05) is 0 Å². The lowest BCUT2D eigenvalue weighted by Gasteiger charge is -2.18. The molecule has 3 aromatic rings. The predicted molar refractivity (Wildman–Crippen MR) is 127 cm³/mol. The molecule has 0 spiro atoms. The van der Waals surface area contributed by atoms with Crippen LogP contribution in [0.25, 0.3) is 0 Å². The number of nitrogens with zero attached hydrogens (tertiary/aromatic N) is 1. The van der Waals surface area contributed by atoms with Crippen LogP contribution >= 0.6 is 0 Å². The highest BCUT2D eigenvalue weighted by molar-refractivity contribution is 5.83. The molecule has 1 atom stereocenters. The Balaban J connectivity index is 1.51. The number of amides is 2. The second-order valence-corrected chi connectivity index (χ2v) is 7.31. The van der Waals surface area contributed by atoms with Gasteiger partial charge in [-0.2, -0.15) is 5.10 Å². The Morgan fingerprint density at radius 3 is 2.50 bits per heavy atom. The molecule has 0 saturated heterocycles. The average Bonchev–Trinajstić information content (AvgIpc) is 2.84. The molecule has 0 fully saturated rings. The van der Waals surface area contributed by atoms with Gasteiger partial charge >= 0.3 is 6.09 Å². The summed E-state index contributed by atoms with van der Waals surface area (Å²) in [6.07, 6.45) is 0.907. The first-order valence-electron chi connectivity index (χ1n) is 10.8. The van der Waals surface area contributed by atoms with Crippen molar-refractivity contribution >= 4 is 18.2 Å². The normalized spacial score (nSPS) is 11.6. The smallest absolute Gasteiger partial charge is 0.407 e. The van der Waals surface area contributed by atoms with E-state index in [1.165, 1.54) is 18.3 Å². The lowest BCUT2D eigenvalue weighted by atomic mass is 10.0. The van der Waals surface area contributed by atoms with Gasteiger partial charge in [0.05, 0.1) is 25.3 Å². The van der Waals surface area contributed by atoms with E-state index in [-0.39, 0.29) is 31.4 Å². The van der Waals surface area contributed by atoms with Crippen molar-refractivity contribution in [2.24, 2.45) is 5.10 Å². The van der Waals surface area contributed by atoms with E-state index in [9.17, 15) is 14.0 Å². The second kappa shape index (κ2) is 12.7. The van der Waals surface area contributed by atoms with E-state index >= 15 is 0 Å². The number of nitrogens with one attached hydrogen (secondary N) is 2. The Bertz CT molecular complexity index is 1100. The quantitative estimate of drug-likeness (QED) is 0.336. The van der Waals surface area contributed by atoms with E-state index in [4.69, 9.17) is 9.47 Å². The van der Waals surface area contributed by atoms with Crippen LogP contribution < -0.4 is 15.5 Å². The van der Waals surface area contributed by atoms with E-state index in [1.807, 2.05) is 30.3 Å². The average molecular weight is 464 g/mol. The van der Waals surface area contributed by atoms with Crippen molar-refractivity contribution in [3.8, 4) is 5.75 Å². The van der Waals surface area contributed by atoms with Crippen LogP contribution in [0.3, 0.4) is 0 Å². The molecule has 0 aliphatic heterocycles. The Kier molecular flexibility index (Phi) is 9.16. The predicted octanol–water partition coefficient (Wildman–Crippen LogP) is 4.73. The molecule has 2 N–H and O–H groups in total. The Morgan fingerprint density at radius 2 is 1.79 bits per heavy atom. The minimum Gasteiger partial charge on any atom is -0.489 e. The van der Waals surface area contributed by atoms with Gasteiger partial charge in [-0.25, -0.2) is 14.6 Å². The van der Waals surface area contributed by atoms with Gasteiger partial charge in [0.1, 0.15) is 18.2 Å². The van der Waals surface area contributed by atoms with Gasteiger partial charge in [-0.05, 0) is 60.0 Å². The van der Waals surface area contributed by atoms with Gasteiger partial charge < -0.3 is 14.8 Å². The van der Waals surface area contributed by atoms with Crippen LogP contribution in [0.5, 0.6) is 5.75 Å². The van der Waals surface area contributed by atoms with Crippen LogP contribution in [0.4, 0.5) is 9.18 Å². The summed E-state index contributed by atoms with van der Waals surface area (Å²) in [5.74, 6) is -0.0420. The third-order valence-corrected chi connectivity index (χ3v) is 4.74. The van der Waals surface area contributed by atoms with Crippen molar-refractivity contribution in [2.75, 3.05) is 6.61 Å². The Labute approximate surface area is 197 Å². The fourth-order valence-electron chi connectivity index (χ4n) is 3.11. The number of rotatable bonds is 10. The molecule has 0 saturated carbocycles. The lowest BCUT2D eigenvalue weighted by molar-refractivity contribution is -0.121. The number of hydrogen-bond acceptors (Lipinski definition) is 5. The number of hydrazone groups is 1. The highest BCUT2D eigenvalue weighted by Crippen LogP contribution is 2.17. The number of carbonyl (C=O) groups is 2. The first kappa shape index (κ1) is 24.4. The van der Waals surface area contributed by atoms with Crippen LogP contribution in [-0.2, 0) is 16.1 Å². The summed E-state index contributed by atoms with van der Waals surface area (Å²) in [7, 11) is 0. The highest BCUT2D eigenvalue weighted by Gasteiger charge is 2.18. The largest absolute Gasteiger partial charge is 0.489 e. The van der Waals surface area contributed by atoms with Crippen molar-refractivity contribution in [3.05, 3.63) is 101 Å². The SMILES string of the molecule is CCOC(=O)N[C@H](CC(=O)N/N=C\c1ccc(OCc2cccc(F)c2)cc1)c1ccccc1. The zero-order chi connectivity index (χ0) is 24.2. The Hall–Kier alpha value is -4.20. The molecule has 0 aliphatic rings. The molecular weight excluding hydrogens is 437 g/mol. The van der Waals surface area contributed by atoms with E-state index in [2.05, 4.69) is 15.8 Å². The van der Waals surface area contributed by atoms with Crippen LogP contribution in [0.2, 0.25) is 0 Å². The maximum atomic E-state index is 13.2. The number of halogens is 1. The maximum absolute atomic E-state index is 13.2. The topological polar surface area (TPSA) is 89.0 Å². The summed E-state index contributed by atoms with van der Waals surface area (Å²) in [5, 5.41) is 6.68. The zero-order valence-corrected chi connectivity index (χ0v) is 18.7. The highest BCUT2D eigenvalue weighted by atomic mass is 19.1. The molecule has 0 radical (unpaired) electrons. The first-order chi connectivity index (χ1) is 16.5.